The average molecular weight is 305 g/mol. The second-order valence-electron chi connectivity index (χ2n) is 5.94. The van der Waals surface area contributed by atoms with E-state index in [1.165, 1.54) is 0 Å². The Kier molecular flexibility index (Phi) is 8.02. The minimum absolute atomic E-state index is 0.386. The SMILES string of the molecule is CCCNCC1CCCN(S(=O)(=O)NCC(C)CC)C1. The second-order valence-corrected chi connectivity index (χ2v) is 7.69. The highest BCUT2D eigenvalue weighted by Gasteiger charge is 2.28. The van der Waals surface area contributed by atoms with Crippen LogP contribution in [0.15, 0.2) is 0 Å². The average Bonchev–Trinajstić information content (AvgIpc) is 2.45. The molecule has 2 unspecified atom stereocenters. The summed E-state index contributed by atoms with van der Waals surface area (Å²) in [5.74, 6) is 0.826. The Hall–Kier alpha value is -0.170. The van der Waals surface area contributed by atoms with E-state index in [1.54, 1.807) is 4.31 Å². The molecule has 1 heterocycles. The number of nitrogens with one attached hydrogen (secondary N) is 2. The lowest BCUT2D eigenvalue weighted by Crippen LogP contribution is -2.48. The highest BCUT2D eigenvalue weighted by Crippen LogP contribution is 2.18. The molecular formula is C14H31N3O2S. The summed E-state index contributed by atoms with van der Waals surface area (Å²) in [6, 6.07) is 0. The molecule has 2 atom stereocenters. The molecule has 1 fully saturated rings. The molecule has 0 aromatic rings. The van der Waals surface area contributed by atoms with Gasteiger partial charge in [0.05, 0.1) is 0 Å². The van der Waals surface area contributed by atoms with Crippen molar-refractivity contribution in [2.75, 3.05) is 32.7 Å². The Balaban J connectivity index is 2.44. The fourth-order valence-electron chi connectivity index (χ4n) is 2.38. The van der Waals surface area contributed by atoms with E-state index >= 15 is 0 Å². The Morgan fingerprint density at radius 3 is 2.75 bits per heavy atom. The summed E-state index contributed by atoms with van der Waals surface area (Å²) in [5.41, 5.74) is 0. The normalized spacial score (nSPS) is 22.9. The Bertz CT molecular complexity index is 359. The van der Waals surface area contributed by atoms with E-state index in [0.717, 1.165) is 38.8 Å². The van der Waals surface area contributed by atoms with E-state index in [0.29, 0.717) is 31.5 Å². The van der Waals surface area contributed by atoms with Crippen molar-refractivity contribution < 1.29 is 8.42 Å². The molecule has 20 heavy (non-hydrogen) atoms. The maximum absolute atomic E-state index is 12.3. The van der Waals surface area contributed by atoms with Gasteiger partial charge < -0.3 is 5.32 Å². The zero-order chi connectivity index (χ0) is 15.0. The van der Waals surface area contributed by atoms with Crippen LogP contribution in [0.2, 0.25) is 0 Å². The van der Waals surface area contributed by atoms with Gasteiger partial charge in [-0.1, -0.05) is 27.2 Å². The first-order chi connectivity index (χ1) is 9.49. The zero-order valence-corrected chi connectivity index (χ0v) is 14.0. The largest absolute Gasteiger partial charge is 0.316 e. The first kappa shape index (κ1) is 17.9. The lowest BCUT2D eigenvalue weighted by atomic mass is 10.00. The summed E-state index contributed by atoms with van der Waals surface area (Å²) in [7, 11) is -3.30. The third-order valence-electron chi connectivity index (χ3n) is 3.99. The van der Waals surface area contributed by atoms with E-state index < -0.39 is 10.2 Å². The topological polar surface area (TPSA) is 61.4 Å². The standard InChI is InChI=1S/C14H31N3O2S/c1-4-8-15-11-14-7-6-9-17(12-14)20(18,19)16-10-13(3)5-2/h13-16H,4-12H2,1-3H3. The minimum Gasteiger partial charge on any atom is -0.316 e. The van der Waals surface area contributed by atoms with Gasteiger partial charge in [-0.2, -0.15) is 12.7 Å². The van der Waals surface area contributed by atoms with E-state index in [1.807, 2.05) is 0 Å². The van der Waals surface area contributed by atoms with Crippen molar-refractivity contribution in [3.63, 3.8) is 0 Å². The fraction of sp³-hybridized carbons (Fsp3) is 1.00. The van der Waals surface area contributed by atoms with Crippen LogP contribution in [-0.2, 0) is 10.2 Å². The molecule has 120 valence electrons. The molecule has 1 aliphatic rings. The summed E-state index contributed by atoms with van der Waals surface area (Å²) < 4.78 is 28.9. The van der Waals surface area contributed by atoms with E-state index in [2.05, 4.69) is 30.8 Å². The van der Waals surface area contributed by atoms with Crippen molar-refractivity contribution in [3.05, 3.63) is 0 Å². The molecule has 0 spiro atoms. The molecule has 1 rings (SSSR count). The van der Waals surface area contributed by atoms with E-state index in [-0.39, 0.29) is 0 Å². The molecule has 1 saturated heterocycles. The Labute approximate surface area is 124 Å². The monoisotopic (exact) mass is 305 g/mol. The molecule has 0 aliphatic carbocycles. The highest BCUT2D eigenvalue weighted by atomic mass is 32.2. The highest BCUT2D eigenvalue weighted by molar-refractivity contribution is 7.87. The van der Waals surface area contributed by atoms with Crippen LogP contribution in [-0.4, -0.2) is 45.4 Å². The van der Waals surface area contributed by atoms with Crippen LogP contribution < -0.4 is 10.0 Å². The van der Waals surface area contributed by atoms with Gasteiger partial charge in [0.15, 0.2) is 0 Å². The van der Waals surface area contributed by atoms with Gasteiger partial charge in [0.1, 0.15) is 0 Å². The molecule has 0 aromatic heterocycles. The van der Waals surface area contributed by atoms with Crippen molar-refractivity contribution >= 4 is 10.2 Å². The van der Waals surface area contributed by atoms with E-state index in [9.17, 15) is 8.42 Å². The van der Waals surface area contributed by atoms with Crippen LogP contribution >= 0.6 is 0 Å². The van der Waals surface area contributed by atoms with Crippen LogP contribution in [0.3, 0.4) is 0 Å². The van der Waals surface area contributed by atoms with Crippen LogP contribution in [0.25, 0.3) is 0 Å². The summed E-state index contributed by atoms with van der Waals surface area (Å²) >= 11 is 0. The fourth-order valence-corrected chi connectivity index (χ4v) is 3.83. The first-order valence-corrected chi connectivity index (χ1v) is 9.39. The van der Waals surface area contributed by atoms with Crippen molar-refractivity contribution in [2.24, 2.45) is 11.8 Å². The summed E-state index contributed by atoms with van der Waals surface area (Å²) in [5, 5.41) is 3.39. The lowest BCUT2D eigenvalue weighted by molar-refractivity contribution is 0.257. The van der Waals surface area contributed by atoms with Gasteiger partial charge >= 0.3 is 0 Å². The maximum atomic E-state index is 12.3. The zero-order valence-electron chi connectivity index (χ0n) is 13.2. The molecule has 0 radical (unpaired) electrons. The van der Waals surface area contributed by atoms with Crippen LogP contribution in [0.5, 0.6) is 0 Å². The molecule has 0 aromatic carbocycles. The predicted molar refractivity (Wildman–Crippen MR) is 83.8 cm³/mol. The number of piperidine rings is 1. The number of hydrogen-bond donors (Lipinski definition) is 2. The van der Waals surface area contributed by atoms with E-state index in [4.69, 9.17) is 0 Å². The van der Waals surface area contributed by atoms with Gasteiger partial charge in [-0.05, 0) is 44.2 Å². The number of nitrogens with zero attached hydrogens (tertiary/aromatic N) is 1. The van der Waals surface area contributed by atoms with Crippen LogP contribution in [0, 0.1) is 11.8 Å². The maximum Gasteiger partial charge on any atom is 0.279 e. The Morgan fingerprint density at radius 1 is 1.35 bits per heavy atom. The third kappa shape index (κ3) is 6.08. The van der Waals surface area contributed by atoms with Crippen molar-refractivity contribution in [3.8, 4) is 0 Å². The predicted octanol–water partition coefficient (Wildman–Crippen LogP) is 1.58. The van der Waals surface area contributed by atoms with Crippen molar-refractivity contribution in [1.29, 1.82) is 0 Å². The van der Waals surface area contributed by atoms with Gasteiger partial charge in [0.25, 0.3) is 10.2 Å². The van der Waals surface area contributed by atoms with Crippen LogP contribution in [0.4, 0.5) is 0 Å². The molecule has 0 bridgehead atoms. The molecular weight excluding hydrogens is 274 g/mol. The van der Waals surface area contributed by atoms with Gasteiger partial charge in [0.2, 0.25) is 0 Å². The smallest absolute Gasteiger partial charge is 0.279 e. The minimum atomic E-state index is -3.30. The molecule has 6 heteroatoms. The van der Waals surface area contributed by atoms with Crippen molar-refractivity contribution in [2.45, 2.75) is 46.5 Å². The van der Waals surface area contributed by atoms with Gasteiger partial charge in [-0.15, -0.1) is 0 Å². The number of rotatable bonds is 9. The molecule has 2 N–H and O–H groups in total. The summed E-state index contributed by atoms with van der Waals surface area (Å²) in [6.07, 6.45) is 4.19. The molecule has 5 nitrogen and oxygen atoms in total. The quantitative estimate of drug-likeness (QED) is 0.636. The summed E-state index contributed by atoms with van der Waals surface area (Å²) in [6.45, 7) is 10.1. The summed E-state index contributed by atoms with van der Waals surface area (Å²) in [4.78, 5) is 0. The van der Waals surface area contributed by atoms with Gasteiger partial charge in [0, 0.05) is 19.6 Å². The Morgan fingerprint density at radius 2 is 2.10 bits per heavy atom. The van der Waals surface area contributed by atoms with Gasteiger partial charge in [-0.3, -0.25) is 0 Å². The lowest BCUT2D eigenvalue weighted by Gasteiger charge is -2.32. The molecule has 0 amide bonds. The third-order valence-corrected chi connectivity index (χ3v) is 5.54. The van der Waals surface area contributed by atoms with Gasteiger partial charge in [-0.25, -0.2) is 4.72 Å². The number of hydrogen-bond acceptors (Lipinski definition) is 3. The molecule has 0 saturated carbocycles. The second kappa shape index (κ2) is 8.97. The van der Waals surface area contributed by atoms with Crippen LogP contribution in [0.1, 0.15) is 46.5 Å². The van der Waals surface area contributed by atoms with Crippen molar-refractivity contribution in [1.82, 2.24) is 14.3 Å². The first-order valence-electron chi connectivity index (χ1n) is 7.95. The molecule has 1 aliphatic heterocycles.